The molecule has 1 heterocycles. The third-order valence-electron chi connectivity index (χ3n) is 1.70. The molecule has 1 aromatic rings. The Morgan fingerprint density at radius 1 is 1.57 bits per heavy atom. The van der Waals surface area contributed by atoms with Gasteiger partial charge in [-0.25, -0.2) is 4.98 Å². The lowest BCUT2D eigenvalue weighted by molar-refractivity contribution is 0.105. The van der Waals surface area contributed by atoms with Gasteiger partial charge < -0.3 is 20.3 Å². The molecule has 0 bridgehead atoms. The summed E-state index contributed by atoms with van der Waals surface area (Å²) in [5, 5.41) is 20.6. The van der Waals surface area contributed by atoms with Crippen molar-refractivity contribution in [3.63, 3.8) is 0 Å². The van der Waals surface area contributed by atoms with Crippen LogP contribution >= 0.6 is 0 Å². The lowest BCUT2D eigenvalue weighted by Crippen LogP contribution is -2.22. The van der Waals surface area contributed by atoms with Crippen LogP contribution in [0.25, 0.3) is 0 Å². The lowest BCUT2D eigenvalue weighted by Gasteiger charge is -2.09. The molecule has 0 aliphatic heterocycles. The molecule has 5 nitrogen and oxygen atoms in total. The quantitative estimate of drug-likeness (QED) is 0.613. The Morgan fingerprint density at radius 2 is 2.36 bits per heavy atom. The molecule has 3 N–H and O–H groups in total. The first kappa shape index (κ1) is 10.7. The van der Waals surface area contributed by atoms with Gasteiger partial charge in [-0.15, -0.1) is 0 Å². The van der Waals surface area contributed by atoms with Crippen molar-refractivity contribution in [2.24, 2.45) is 0 Å². The second-order valence-electron chi connectivity index (χ2n) is 2.81. The number of ether oxygens (including phenoxy) is 1. The summed E-state index contributed by atoms with van der Waals surface area (Å²) in [4.78, 5) is 3.97. The van der Waals surface area contributed by atoms with E-state index in [1.54, 1.807) is 25.4 Å². The van der Waals surface area contributed by atoms with E-state index in [1.807, 2.05) is 0 Å². The molecular formula is C9H14N2O3. The minimum Gasteiger partial charge on any atom is -0.481 e. The third-order valence-corrected chi connectivity index (χ3v) is 1.70. The lowest BCUT2D eigenvalue weighted by atomic mass is 10.3. The standard InChI is InChI=1S/C9H14N2O3/c1-14-9-3-2-7(4-11-9)10-5-8(13)6-12/h2-4,8,10,12-13H,5-6H2,1H3/t8-/m0/s1. The largest absolute Gasteiger partial charge is 0.481 e. The molecule has 0 amide bonds. The smallest absolute Gasteiger partial charge is 0.213 e. The molecule has 1 atom stereocenters. The van der Waals surface area contributed by atoms with Crippen LogP contribution in [0.2, 0.25) is 0 Å². The van der Waals surface area contributed by atoms with Crippen LogP contribution in [-0.2, 0) is 0 Å². The summed E-state index contributed by atoms with van der Waals surface area (Å²) in [5.74, 6) is 0.540. The molecule has 0 saturated carbocycles. The van der Waals surface area contributed by atoms with E-state index in [2.05, 4.69) is 10.3 Å². The molecule has 1 rings (SSSR count). The first-order valence-corrected chi connectivity index (χ1v) is 4.29. The maximum absolute atomic E-state index is 9.06. The Labute approximate surface area is 82.4 Å². The first-order valence-electron chi connectivity index (χ1n) is 4.29. The van der Waals surface area contributed by atoms with Gasteiger partial charge in [0, 0.05) is 12.6 Å². The molecule has 0 fully saturated rings. The second-order valence-corrected chi connectivity index (χ2v) is 2.81. The van der Waals surface area contributed by atoms with Gasteiger partial charge in [0.2, 0.25) is 5.88 Å². The Bertz CT molecular complexity index is 263. The van der Waals surface area contributed by atoms with Crippen molar-refractivity contribution < 1.29 is 14.9 Å². The molecule has 1 aromatic heterocycles. The van der Waals surface area contributed by atoms with Crippen LogP contribution in [0.5, 0.6) is 5.88 Å². The maximum Gasteiger partial charge on any atom is 0.213 e. The van der Waals surface area contributed by atoms with Gasteiger partial charge in [0.05, 0.1) is 31.7 Å². The number of nitrogens with one attached hydrogen (secondary N) is 1. The summed E-state index contributed by atoms with van der Waals surface area (Å²) in [6, 6.07) is 3.50. The molecular weight excluding hydrogens is 184 g/mol. The molecule has 14 heavy (non-hydrogen) atoms. The zero-order chi connectivity index (χ0) is 10.4. The normalized spacial score (nSPS) is 12.2. The molecule has 0 aliphatic carbocycles. The number of nitrogens with zero attached hydrogens (tertiary/aromatic N) is 1. The van der Waals surface area contributed by atoms with Crippen molar-refractivity contribution in [3.05, 3.63) is 18.3 Å². The Morgan fingerprint density at radius 3 is 2.86 bits per heavy atom. The molecule has 0 aromatic carbocycles. The van der Waals surface area contributed by atoms with Crippen LogP contribution in [0, 0.1) is 0 Å². The van der Waals surface area contributed by atoms with Gasteiger partial charge in [0.1, 0.15) is 0 Å². The molecule has 0 radical (unpaired) electrons. The van der Waals surface area contributed by atoms with Gasteiger partial charge in [-0.05, 0) is 6.07 Å². The topological polar surface area (TPSA) is 74.6 Å². The predicted molar refractivity (Wildman–Crippen MR) is 52.4 cm³/mol. The van der Waals surface area contributed by atoms with Crippen LogP contribution in [0.3, 0.4) is 0 Å². The number of hydrogen-bond acceptors (Lipinski definition) is 5. The predicted octanol–water partition coefficient (Wildman–Crippen LogP) is -0.145. The zero-order valence-electron chi connectivity index (χ0n) is 7.97. The van der Waals surface area contributed by atoms with Crippen LogP contribution in [0.15, 0.2) is 18.3 Å². The van der Waals surface area contributed by atoms with Gasteiger partial charge in [-0.1, -0.05) is 0 Å². The highest BCUT2D eigenvalue weighted by Gasteiger charge is 2.01. The van der Waals surface area contributed by atoms with Gasteiger partial charge in [-0.3, -0.25) is 0 Å². The first-order chi connectivity index (χ1) is 6.76. The number of anilines is 1. The van der Waals surface area contributed by atoms with Crippen molar-refractivity contribution in [2.75, 3.05) is 25.6 Å². The monoisotopic (exact) mass is 198 g/mol. The average molecular weight is 198 g/mol. The van der Waals surface area contributed by atoms with E-state index in [4.69, 9.17) is 14.9 Å². The summed E-state index contributed by atoms with van der Waals surface area (Å²) in [6.45, 7) is 0.0428. The fourth-order valence-electron chi connectivity index (χ4n) is 0.906. The number of methoxy groups -OCH3 is 1. The Balaban J connectivity index is 2.43. The maximum atomic E-state index is 9.06. The molecule has 0 aliphatic rings. The van der Waals surface area contributed by atoms with E-state index in [0.29, 0.717) is 12.4 Å². The zero-order valence-corrected chi connectivity index (χ0v) is 7.97. The number of rotatable bonds is 5. The SMILES string of the molecule is COc1ccc(NC[C@H](O)CO)cn1. The number of aromatic nitrogens is 1. The highest BCUT2D eigenvalue weighted by molar-refractivity contribution is 5.41. The molecule has 78 valence electrons. The molecule has 0 spiro atoms. The van der Waals surface area contributed by atoms with Crippen LogP contribution in [0.4, 0.5) is 5.69 Å². The fourth-order valence-corrected chi connectivity index (χ4v) is 0.906. The van der Waals surface area contributed by atoms with E-state index in [9.17, 15) is 0 Å². The van der Waals surface area contributed by atoms with Gasteiger partial charge in [-0.2, -0.15) is 0 Å². The minimum atomic E-state index is -0.753. The highest BCUT2D eigenvalue weighted by atomic mass is 16.5. The van der Waals surface area contributed by atoms with Crippen molar-refractivity contribution in [1.82, 2.24) is 4.98 Å². The second kappa shape index (κ2) is 5.41. The summed E-state index contributed by atoms with van der Waals surface area (Å²) < 4.78 is 4.89. The summed E-state index contributed by atoms with van der Waals surface area (Å²) in [6.07, 6.45) is 0.847. The summed E-state index contributed by atoms with van der Waals surface area (Å²) in [7, 11) is 1.55. The summed E-state index contributed by atoms with van der Waals surface area (Å²) in [5.41, 5.74) is 0.776. The van der Waals surface area contributed by atoms with Crippen molar-refractivity contribution >= 4 is 5.69 Å². The minimum absolute atomic E-state index is 0.253. The van der Waals surface area contributed by atoms with E-state index >= 15 is 0 Å². The number of aliphatic hydroxyl groups is 2. The van der Waals surface area contributed by atoms with Crippen LogP contribution < -0.4 is 10.1 Å². The number of pyridine rings is 1. The Kier molecular flexibility index (Phi) is 4.15. The average Bonchev–Trinajstić information content (AvgIpc) is 2.26. The van der Waals surface area contributed by atoms with Gasteiger partial charge in [0.15, 0.2) is 0 Å². The molecule has 0 saturated heterocycles. The summed E-state index contributed by atoms with van der Waals surface area (Å²) >= 11 is 0. The van der Waals surface area contributed by atoms with Crippen LogP contribution in [-0.4, -0.2) is 41.6 Å². The fraction of sp³-hybridized carbons (Fsp3) is 0.444. The number of aliphatic hydroxyl groups excluding tert-OH is 2. The van der Waals surface area contributed by atoms with E-state index in [0.717, 1.165) is 5.69 Å². The van der Waals surface area contributed by atoms with Gasteiger partial charge >= 0.3 is 0 Å². The van der Waals surface area contributed by atoms with E-state index in [1.165, 1.54) is 0 Å². The molecule has 5 heteroatoms. The van der Waals surface area contributed by atoms with Crippen LogP contribution in [0.1, 0.15) is 0 Å². The Hall–Kier alpha value is -1.33. The van der Waals surface area contributed by atoms with Crippen molar-refractivity contribution in [2.45, 2.75) is 6.10 Å². The highest BCUT2D eigenvalue weighted by Crippen LogP contribution is 2.10. The molecule has 0 unspecified atom stereocenters. The van der Waals surface area contributed by atoms with Gasteiger partial charge in [0.25, 0.3) is 0 Å². The van der Waals surface area contributed by atoms with Crippen molar-refractivity contribution in [1.29, 1.82) is 0 Å². The van der Waals surface area contributed by atoms with E-state index < -0.39 is 6.10 Å². The number of hydrogen-bond donors (Lipinski definition) is 3. The van der Waals surface area contributed by atoms with E-state index in [-0.39, 0.29) is 6.61 Å². The van der Waals surface area contributed by atoms with Crippen molar-refractivity contribution in [3.8, 4) is 5.88 Å². The third kappa shape index (κ3) is 3.20.